The van der Waals surface area contributed by atoms with Gasteiger partial charge < -0.3 is 10.6 Å². The Morgan fingerprint density at radius 2 is 2.35 bits per heavy atom. The zero-order chi connectivity index (χ0) is 12.4. The van der Waals surface area contributed by atoms with Gasteiger partial charge in [-0.05, 0) is 46.3 Å². The van der Waals surface area contributed by atoms with E-state index in [1.54, 1.807) is 0 Å². The first-order valence-electron chi connectivity index (χ1n) is 5.49. The van der Waals surface area contributed by atoms with E-state index in [4.69, 9.17) is 18.0 Å². The Morgan fingerprint density at radius 1 is 1.59 bits per heavy atom. The van der Waals surface area contributed by atoms with Gasteiger partial charge in [-0.15, -0.1) is 0 Å². The fourth-order valence-electron chi connectivity index (χ4n) is 1.97. The number of halogens is 1. The molecular weight excluding hydrogens is 316 g/mol. The van der Waals surface area contributed by atoms with Crippen molar-refractivity contribution in [2.75, 3.05) is 23.5 Å². The third-order valence-electron chi connectivity index (χ3n) is 3.07. The minimum atomic E-state index is 0.441. The molecule has 1 unspecified atom stereocenters. The van der Waals surface area contributed by atoms with Gasteiger partial charge in [0.15, 0.2) is 0 Å². The molecule has 0 aromatic heterocycles. The third-order valence-corrected chi connectivity index (χ3v) is 5.08. The molecule has 92 valence electrons. The largest absolute Gasteiger partial charge is 0.389 e. The summed E-state index contributed by atoms with van der Waals surface area (Å²) in [5, 5.41) is 0. The first-order valence-corrected chi connectivity index (χ1v) is 7.85. The molecule has 0 amide bonds. The number of thioether (sulfide) groups is 1. The fourth-order valence-corrected chi connectivity index (χ4v) is 4.02. The van der Waals surface area contributed by atoms with Crippen LogP contribution in [0.25, 0.3) is 0 Å². The van der Waals surface area contributed by atoms with Crippen molar-refractivity contribution in [2.45, 2.75) is 12.5 Å². The van der Waals surface area contributed by atoms with E-state index in [0.717, 1.165) is 10.0 Å². The van der Waals surface area contributed by atoms with Crippen LogP contribution >= 0.6 is 39.9 Å². The van der Waals surface area contributed by atoms with Gasteiger partial charge in [0.2, 0.25) is 0 Å². The van der Waals surface area contributed by atoms with Crippen LogP contribution in [0.1, 0.15) is 12.0 Å². The third kappa shape index (κ3) is 2.95. The molecule has 1 fully saturated rings. The van der Waals surface area contributed by atoms with E-state index in [2.05, 4.69) is 33.9 Å². The fraction of sp³-hybridized carbons (Fsp3) is 0.417. The summed E-state index contributed by atoms with van der Waals surface area (Å²) in [4.78, 5) is 2.78. The predicted molar refractivity (Wildman–Crippen MR) is 84.2 cm³/mol. The molecule has 2 nitrogen and oxygen atoms in total. The van der Waals surface area contributed by atoms with E-state index >= 15 is 0 Å². The summed E-state index contributed by atoms with van der Waals surface area (Å²) in [6.45, 7) is 0. The number of hydrogen-bond donors (Lipinski definition) is 1. The molecule has 17 heavy (non-hydrogen) atoms. The predicted octanol–water partition coefficient (Wildman–Crippen LogP) is 3.03. The molecule has 1 atom stereocenters. The first-order chi connectivity index (χ1) is 8.09. The lowest BCUT2D eigenvalue weighted by Gasteiger charge is -2.27. The highest BCUT2D eigenvalue weighted by Gasteiger charge is 2.21. The van der Waals surface area contributed by atoms with Crippen LogP contribution in [-0.2, 0) is 0 Å². The maximum Gasteiger partial charge on any atom is 0.104 e. The summed E-state index contributed by atoms with van der Waals surface area (Å²) in [6.07, 6.45) is 1.25. The number of hydrogen-bond acceptors (Lipinski definition) is 3. The summed E-state index contributed by atoms with van der Waals surface area (Å²) in [5.41, 5.74) is 7.74. The van der Waals surface area contributed by atoms with Gasteiger partial charge in [-0.1, -0.05) is 12.2 Å². The Labute approximate surface area is 120 Å². The van der Waals surface area contributed by atoms with Crippen molar-refractivity contribution in [1.29, 1.82) is 0 Å². The van der Waals surface area contributed by atoms with Crippen molar-refractivity contribution in [1.82, 2.24) is 0 Å². The smallest absolute Gasteiger partial charge is 0.104 e. The molecule has 1 aromatic carbocycles. The minimum Gasteiger partial charge on any atom is -0.389 e. The van der Waals surface area contributed by atoms with Crippen LogP contribution in [-0.4, -0.2) is 29.6 Å². The van der Waals surface area contributed by atoms with Crippen molar-refractivity contribution < 1.29 is 0 Å². The number of thiocarbonyl (C=S) groups is 1. The SMILES string of the molecule is CN(c1ccc(C(N)=S)cc1Br)C1CCSC1. The van der Waals surface area contributed by atoms with Crippen molar-refractivity contribution in [3.63, 3.8) is 0 Å². The zero-order valence-electron chi connectivity index (χ0n) is 9.65. The van der Waals surface area contributed by atoms with Crippen LogP contribution in [0.2, 0.25) is 0 Å². The summed E-state index contributed by atoms with van der Waals surface area (Å²) >= 11 is 10.6. The number of rotatable bonds is 3. The average molecular weight is 331 g/mol. The lowest BCUT2D eigenvalue weighted by Crippen LogP contribution is -2.31. The number of anilines is 1. The summed E-state index contributed by atoms with van der Waals surface area (Å²) in [6, 6.07) is 6.70. The van der Waals surface area contributed by atoms with Gasteiger partial charge in [0, 0.05) is 28.9 Å². The molecule has 0 radical (unpaired) electrons. The monoisotopic (exact) mass is 330 g/mol. The molecule has 0 spiro atoms. The molecular formula is C12H15BrN2S2. The van der Waals surface area contributed by atoms with E-state index in [-0.39, 0.29) is 0 Å². The number of nitrogens with two attached hydrogens (primary N) is 1. The van der Waals surface area contributed by atoms with Gasteiger partial charge >= 0.3 is 0 Å². The molecule has 2 rings (SSSR count). The lowest BCUT2D eigenvalue weighted by molar-refractivity contribution is 0.699. The maximum absolute atomic E-state index is 5.62. The van der Waals surface area contributed by atoms with Crippen LogP contribution in [0, 0.1) is 0 Å². The second-order valence-corrected chi connectivity index (χ2v) is 6.60. The summed E-state index contributed by atoms with van der Waals surface area (Å²) in [7, 11) is 2.15. The molecule has 1 aliphatic rings. The topological polar surface area (TPSA) is 29.3 Å². The first kappa shape index (κ1) is 13.2. The van der Waals surface area contributed by atoms with E-state index in [9.17, 15) is 0 Å². The van der Waals surface area contributed by atoms with Gasteiger partial charge in [0.05, 0.1) is 5.69 Å². The van der Waals surface area contributed by atoms with Gasteiger partial charge in [0.1, 0.15) is 4.99 Å². The standard InChI is InChI=1S/C12H15BrN2S2/c1-15(9-4-5-17-7-9)11-3-2-8(12(14)16)6-10(11)13/h2-3,6,9H,4-5,7H2,1H3,(H2,14,16). The maximum atomic E-state index is 5.62. The highest BCUT2D eigenvalue weighted by molar-refractivity contribution is 9.10. The normalized spacial score (nSPS) is 19.3. The Hall–Kier alpha value is -0.260. The van der Waals surface area contributed by atoms with E-state index in [0.29, 0.717) is 11.0 Å². The second kappa shape index (κ2) is 5.59. The molecule has 1 saturated heterocycles. The molecule has 1 heterocycles. The Morgan fingerprint density at radius 3 is 2.88 bits per heavy atom. The Kier molecular flexibility index (Phi) is 4.33. The summed E-state index contributed by atoms with van der Waals surface area (Å²) in [5.74, 6) is 2.47. The Bertz CT molecular complexity index is 431. The van der Waals surface area contributed by atoms with Gasteiger partial charge in [-0.3, -0.25) is 0 Å². The van der Waals surface area contributed by atoms with E-state index < -0.39 is 0 Å². The van der Waals surface area contributed by atoms with Gasteiger partial charge in [-0.2, -0.15) is 11.8 Å². The van der Waals surface area contributed by atoms with E-state index in [1.165, 1.54) is 23.6 Å². The molecule has 0 bridgehead atoms. The quantitative estimate of drug-likeness (QED) is 0.862. The lowest BCUT2D eigenvalue weighted by atomic mass is 10.1. The van der Waals surface area contributed by atoms with E-state index in [1.807, 2.05) is 23.9 Å². The highest BCUT2D eigenvalue weighted by Crippen LogP contribution is 2.31. The molecule has 1 aliphatic heterocycles. The van der Waals surface area contributed by atoms with Crippen LogP contribution in [0.5, 0.6) is 0 Å². The average Bonchev–Trinajstić information content (AvgIpc) is 2.81. The van der Waals surface area contributed by atoms with Crippen molar-refractivity contribution >= 4 is 50.6 Å². The zero-order valence-corrected chi connectivity index (χ0v) is 12.9. The van der Waals surface area contributed by atoms with Gasteiger partial charge in [-0.25, -0.2) is 0 Å². The molecule has 0 saturated carbocycles. The summed E-state index contributed by atoms with van der Waals surface area (Å²) < 4.78 is 1.06. The van der Waals surface area contributed by atoms with Crippen LogP contribution in [0.15, 0.2) is 22.7 Å². The molecule has 5 heteroatoms. The van der Waals surface area contributed by atoms with Gasteiger partial charge in [0.25, 0.3) is 0 Å². The number of nitrogens with zero attached hydrogens (tertiary/aromatic N) is 1. The van der Waals surface area contributed by atoms with Crippen molar-refractivity contribution in [3.05, 3.63) is 28.2 Å². The van der Waals surface area contributed by atoms with Crippen molar-refractivity contribution in [3.8, 4) is 0 Å². The molecule has 2 N–H and O–H groups in total. The van der Waals surface area contributed by atoms with Crippen molar-refractivity contribution in [2.24, 2.45) is 5.73 Å². The van der Waals surface area contributed by atoms with Crippen LogP contribution in [0.4, 0.5) is 5.69 Å². The van der Waals surface area contributed by atoms with Crippen LogP contribution in [0.3, 0.4) is 0 Å². The highest BCUT2D eigenvalue weighted by atomic mass is 79.9. The van der Waals surface area contributed by atoms with Crippen LogP contribution < -0.4 is 10.6 Å². The number of benzene rings is 1. The second-order valence-electron chi connectivity index (χ2n) is 4.16. The molecule has 0 aliphatic carbocycles. The minimum absolute atomic E-state index is 0.441. The Balaban J connectivity index is 2.23. The molecule has 1 aromatic rings.